The normalized spacial score (nSPS) is 11.9. The molecular weight excluding hydrogens is 256 g/mol. The van der Waals surface area contributed by atoms with Gasteiger partial charge in [0.2, 0.25) is 0 Å². The lowest BCUT2D eigenvalue weighted by Gasteiger charge is -2.14. The van der Waals surface area contributed by atoms with Crippen molar-refractivity contribution in [1.82, 2.24) is 10.3 Å². The number of nitrogens with zero attached hydrogens (tertiary/aromatic N) is 1. The van der Waals surface area contributed by atoms with Crippen molar-refractivity contribution >= 4 is 22.8 Å². The fraction of sp³-hybridized carbons (Fsp3) is 0.267. The number of carbonyl (C=O) groups is 2. The molecule has 0 fully saturated rings. The first kappa shape index (κ1) is 14.0. The van der Waals surface area contributed by atoms with E-state index in [-0.39, 0.29) is 5.91 Å². The molecule has 0 aliphatic heterocycles. The molecule has 20 heavy (non-hydrogen) atoms. The first-order valence-electron chi connectivity index (χ1n) is 6.39. The molecule has 1 aromatic heterocycles. The topological polar surface area (TPSA) is 68.3 Å². The second-order valence-corrected chi connectivity index (χ2v) is 4.37. The van der Waals surface area contributed by atoms with E-state index in [0.717, 1.165) is 10.9 Å². The number of pyridine rings is 1. The maximum Gasteiger partial charge on any atom is 0.328 e. The number of fused-ring (bicyclic) bond motifs is 1. The molecule has 5 nitrogen and oxygen atoms in total. The quantitative estimate of drug-likeness (QED) is 0.863. The lowest BCUT2D eigenvalue weighted by Crippen LogP contribution is -2.41. The fourth-order valence-corrected chi connectivity index (χ4v) is 1.91. The van der Waals surface area contributed by atoms with Gasteiger partial charge in [-0.15, -0.1) is 0 Å². The summed E-state index contributed by atoms with van der Waals surface area (Å²) in [5.41, 5.74) is 1.25. The van der Waals surface area contributed by atoms with Crippen molar-refractivity contribution < 1.29 is 14.3 Å². The maximum atomic E-state index is 12.1. The number of rotatable bonds is 4. The maximum absolute atomic E-state index is 12.1. The standard InChI is InChI=1S/C15H16N2O3/c1-3-12(15(19)20-2)17-14(18)11-8-10-6-4-5-7-13(10)16-9-11/h4-9,12H,3H2,1-2H3,(H,17,18)/t12-/m0/s1. The van der Waals surface area contributed by atoms with E-state index in [9.17, 15) is 9.59 Å². The van der Waals surface area contributed by atoms with Crippen LogP contribution in [0.2, 0.25) is 0 Å². The van der Waals surface area contributed by atoms with Crippen molar-refractivity contribution in [3.8, 4) is 0 Å². The summed E-state index contributed by atoms with van der Waals surface area (Å²) in [7, 11) is 1.30. The van der Waals surface area contributed by atoms with Gasteiger partial charge in [0.25, 0.3) is 5.91 Å². The summed E-state index contributed by atoms with van der Waals surface area (Å²) in [6, 6.07) is 8.65. The van der Waals surface area contributed by atoms with E-state index in [1.165, 1.54) is 13.3 Å². The Hall–Kier alpha value is -2.43. The van der Waals surface area contributed by atoms with Crippen LogP contribution in [0.3, 0.4) is 0 Å². The molecule has 0 saturated carbocycles. The zero-order valence-electron chi connectivity index (χ0n) is 11.4. The number of esters is 1. The Bertz CT molecular complexity index is 640. The SMILES string of the molecule is CC[C@H](NC(=O)c1cnc2ccccc2c1)C(=O)OC. The third-order valence-electron chi connectivity index (χ3n) is 3.05. The van der Waals surface area contributed by atoms with Gasteiger partial charge >= 0.3 is 5.97 Å². The lowest BCUT2D eigenvalue weighted by atomic mass is 10.1. The molecule has 1 atom stereocenters. The largest absolute Gasteiger partial charge is 0.467 e. The minimum absolute atomic E-state index is 0.333. The Kier molecular flexibility index (Phi) is 4.30. The Morgan fingerprint density at radius 1 is 1.35 bits per heavy atom. The number of ether oxygens (including phenoxy) is 1. The predicted octanol–water partition coefficient (Wildman–Crippen LogP) is 1.92. The molecule has 0 aliphatic carbocycles. The van der Waals surface area contributed by atoms with E-state index in [1.807, 2.05) is 24.3 Å². The van der Waals surface area contributed by atoms with Crippen molar-refractivity contribution in [2.75, 3.05) is 7.11 Å². The average molecular weight is 272 g/mol. The first-order chi connectivity index (χ1) is 9.65. The molecule has 0 bridgehead atoms. The van der Waals surface area contributed by atoms with E-state index in [0.29, 0.717) is 12.0 Å². The summed E-state index contributed by atoms with van der Waals surface area (Å²) < 4.78 is 4.64. The fourth-order valence-electron chi connectivity index (χ4n) is 1.91. The van der Waals surface area contributed by atoms with Crippen molar-refractivity contribution in [1.29, 1.82) is 0 Å². The van der Waals surface area contributed by atoms with Crippen molar-refractivity contribution in [3.63, 3.8) is 0 Å². The van der Waals surface area contributed by atoms with Gasteiger partial charge in [-0.1, -0.05) is 25.1 Å². The minimum atomic E-state index is -0.640. The Morgan fingerprint density at radius 2 is 2.10 bits per heavy atom. The molecule has 0 spiro atoms. The molecule has 1 aromatic carbocycles. The molecule has 1 amide bonds. The number of hydrogen-bond acceptors (Lipinski definition) is 4. The molecule has 0 unspecified atom stereocenters. The third-order valence-corrected chi connectivity index (χ3v) is 3.05. The van der Waals surface area contributed by atoms with Crippen LogP contribution in [0.4, 0.5) is 0 Å². The van der Waals surface area contributed by atoms with Gasteiger partial charge < -0.3 is 10.1 Å². The molecule has 2 rings (SSSR count). The van der Waals surface area contributed by atoms with Crippen LogP contribution in [0.15, 0.2) is 36.5 Å². The summed E-state index contributed by atoms with van der Waals surface area (Å²) in [5.74, 6) is -0.782. The number of para-hydroxylation sites is 1. The van der Waals surface area contributed by atoms with Gasteiger partial charge in [0, 0.05) is 11.6 Å². The monoisotopic (exact) mass is 272 g/mol. The highest BCUT2D eigenvalue weighted by Crippen LogP contribution is 2.12. The van der Waals surface area contributed by atoms with Gasteiger partial charge in [-0.3, -0.25) is 9.78 Å². The lowest BCUT2D eigenvalue weighted by molar-refractivity contribution is -0.142. The van der Waals surface area contributed by atoms with Crippen molar-refractivity contribution in [3.05, 3.63) is 42.1 Å². The number of methoxy groups -OCH3 is 1. The van der Waals surface area contributed by atoms with Crippen LogP contribution in [0, 0.1) is 0 Å². The molecule has 0 saturated heterocycles. The van der Waals surface area contributed by atoms with E-state index >= 15 is 0 Å². The second kappa shape index (κ2) is 6.14. The number of aromatic nitrogens is 1. The Morgan fingerprint density at radius 3 is 2.80 bits per heavy atom. The van der Waals surface area contributed by atoms with Gasteiger partial charge in [-0.2, -0.15) is 0 Å². The highest BCUT2D eigenvalue weighted by atomic mass is 16.5. The number of carbonyl (C=O) groups excluding carboxylic acids is 2. The molecule has 0 aliphatic rings. The van der Waals surface area contributed by atoms with Crippen LogP contribution in [0.1, 0.15) is 23.7 Å². The summed E-state index contributed by atoms with van der Waals surface area (Å²) in [4.78, 5) is 27.8. The van der Waals surface area contributed by atoms with Gasteiger partial charge in [0.05, 0.1) is 18.2 Å². The van der Waals surface area contributed by atoms with E-state index in [1.54, 1.807) is 13.0 Å². The molecule has 5 heteroatoms. The number of hydrogen-bond donors (Lipinski definition) is 1. The Balaban J connectivity index is 2.20. The van der Waals surface area contributed by atoms with Crippen molar-refractivity contribution in [2.24, 2.45) is 0 Å². The number of nitrogens with one attached hydrogen (secondary N) is 1. The highest BCUT2D eigenvalue weighted by Gasteiger charge is 2.20. The van der Waals surface area contributed by atoms with Crippen LogP contribution in [-0.2, 0) is 9.53 Å². The zero-order chi connectivity index (χ0) is 14.5. The summed E-state index contributed by atoms with van der Waals surface area (Å²) in [5, 5.41) is 3.53. The molecule has 2 aromatic rings. The predicted molar refractivity (Wildman–Crippen MR) is 75.3 cm³/mol. The third kappa shape index (κ3) is 2.93. The molecular formula is C15H16N2O3. The van der Waals surface area contributed by atoms with Crippen LogP contribution in [0.25, 0.3) is 10.9 Å². The molecule has 104 valence electrons. The van der Waals surface area contributed by atoms with Gasteiger partial charge in [0.15, 0.2) is 0 Å². The van der Waals surface area contributed by atoms with Crippen LogP contribution < -0.4 is 5.32 Å². The molecule has 1 N–H and O–H groups in total. The average Bonchev–Trinajstić information content (AvgIpc) is 2.51. The van der Waals surface area contributed by atoms with Crippen LogP contribution in [-0.4, -0.2) is 30.0 Å². The second-order valence-electron chi connectivity index (χ2n) is 4.37. The highest BCUT2D eigenvalue weighted by molar-refractivity contribution is 5.99. The van der Waals surface area contributed by atoms with Crippen LogP contribution >= 0.6 is 0 Å². The van der Waals surface area contributed by atoms with Gasteiger partial charge in [0.1, 0.15) is 6.04 Å². The van der Waals surface area contributed by atoms with Gasteiger partial charge in [-0.05, 0) is 18.6 Å². The summed E-state index contributed by atoms with van der Waals surface area (Å²) in [6.07, 6.45) is 1.97. The number of amides is 1. The van der Waals surface area contributed by atoms with E-state index in [4.69, 9.17) is 0 Å². The van der Waals surface area contributed by atoms with Gasteiger partial charge in [-0.25, -0.2) is 4.79 Å². The summed E-state index contributed by atoms with van der Waals surface area (Å²) in [6.45, 7) is 1.81. The van der Waals surface area contributed by atoms with E-state index < -0.39 is 12.0 Å². The van der Waals surface area contributed by atoms with E-state index in [2.05, 4.69) is 15.0 Å². The molecule has 1 heterocycles. The summed E-state index contributed by atoms with van der Waals surface area (Å²) >= 11 is 0. The smallest absolute Gasteiger partial charge is 0.328 e. The van der Waals surface area contributed by atoms with Crippen LogP contribution in [0.5, 0.6) is 0 Å². The molecule has 0 radical (unpaired) electrons. The first-order valence-corrected chi connectivity index (χ1v) is 6.39. The van der Waals surface area contributed by atoms with Crippen molar-refractivity contribution in [2.45, 2.75) is 19.4 Å². The minimum Gasteiger partial charge on any atom is -0.467 e. The number of benzene rings is 1. The zero-order valence-corrected chi connectivity index (χ0v) is 11.4. The Labute approximate surface area is 117 Å².